The summed E-state index contributed by atoms with van der Waals surface area (Å²) in [6.07, 6.45) is 1.47. The second kappa shape index (κ2) is 5.77. The normalized spacial score (nSPS) is 27.6. The molecule has 0 saturated heterocycles. The van der Waals surface area contributed by atoms with E-state index in [1.807, 2.05) is 6.07 Å². The third-order valence-electron chi connectivity index (χ3n) is 4.83. The summed E-state index contributed by atoms with van der Waals surface area (Å²) in [5.74, 6) is -1.89. The second-order valence-electron chi connectivity index (χ2n) is 6.36. The lowest BCUT2D eigenvalue weighted by Crippen LogP contribution is -2.47. The highest BCUT2D eigenvalue weighted by Crippen LogP contribution is 2.47. The molecule has 1 aromatic rings. The van der Waals surface area contributed by atoms with E-state index < -0.39 is 17.7 Å². The molecule has 7 heteroatoms. The fraction of sp³-hybridized carbons (Fsp3) is 0.444. The van der Waals surface area contributed by atoms with Gasteiger partial charge >= 0.3 is 11.8 Å². The van der Waals surface area contributed by atoms with Gasteiger partial charge < -0.3 is 24.1 Å². The molecule has 7 nitrogen and oxygen atoms in total. The predicted molar refractivity (Wildman–Crippen MR) is 83.9 cm³/mol. The van der Waals surface area contributed by atoms with Crippen molar-refractivity contribution in [1.29, 1.82) is 0 Å². The number of methoxy groups -OCH3 is 1. The van der Waals surface area contributed by atoms with Crippen molar-refractivity contribution in [2.75, 3.05) is 13.9 Å². The number of fused-ring (bicyclic) bond motifs is 1. The molecule has 3 aliphatic rings. The van der Waals surface area contributed by atoms with Gasteiger partial charge in [-0.25, -0.2) is 4.79 Å². The highest BCUT2D eigenvalue weighted by Gasteiger charge is 2.50. The van der Waals surface area contributed by atoms with E-state index in [1.54, 1.807) is 12.1 Å². The Balaban J connectivity index is 1.80. The first-order valence-electron chi connectivity index (χ1n) is 8.17. The summed E-state index contributed by atoms with van der Waals surface area (Å²) in [5.41, 5.74) is 1.29. The summed E-state index contributed by atoms with van der Waals surface area (Å²) >= 11 is 0. The highest BCUT2D eigenvalue weighted by atomic mass is 16.7. The summed E-state index contributed by atoms with van der Waals surface area (Å²) in [6.45, 7) is 0.144. The van der Waals surface area contributed by atoms with Crippen molar-refractivity contribution >= 4 is 11.8 Å². The van der Waals surface area contributed by atoms with Crippen LogP contribution in [-0.4, -0.2) is 36.5 Å². The largest absolute Gasteiger partial charge is 0.464 e. The minimum atomic E-state index is -2.10. The first-order chi connectivity index (χ1) is 12.0. The third-order valence-corrected chi connectivity index (χ3v) is 4.83. The van der Waals surface area contributed by atoms with E-state index in [0.29, 0.717) is 42.1 Å². The van der Waals surface area contributed by atoms with Gasteiger partial charge in [0, 0.05) is 30.8 Å². The van der Waals surface area contributed by atoms with Gasteiger partial charge in [-0.2, -0.15) is 0 Å². The van der Waals surface area contributed by atoms with Crippen LogP contribution in [0.3, 0.4) is 0 Å². The van der Waals surface area contributed by atoms with Crippen molar-refractivity contribution in [3.05, 3.63) is 35.1 Å². The van der Waals surface area contributed by atoms with Crippen LogP contribution in [0.2, 0.25) is 0 Å². The molecular weight excluding hydrogens is 328 g/mol. The van der Waals surface area contributed by atoms with Crippen LogP contribution in [0.5, 0.6) is 11.5 Å². The maximum atomic E-state index is 12.5. The van der Waals surface area contributed by atoms with Crippen LogP contribution in [0.4, 0.5) is 0 Å². The first-order valence-corrected chi connectivity index (χ1v) is 8.17. The van der Waals surface area contributed by atoms with Crippen molar-refractivity contribution in [2.45, 2.75) is 37.4 Å². The van der Waals surface area contributed by atoms with Crippen LogP contribution < -0.4 is 9.47 Å². The zero-order valence-corrected chi connectivity index (χ0v) is 13.7. The maximum absolute atomic E-state index is 12.5. The third kappa shape index (κ3) is 2.55. The number of allylic oxidation sites excluding steroid dienone is 2. The summed E-state index contributed by atoms with van der Waals surface area (Å²) in [7, 11) is 1.19. The van der Waals surface area contributed by atoms with Crippen LogP contribution in [0.1, 0.15) is 37.2 Å². The number of ketones is 1. The van der Waals surface area contributed by atoms with Gasteiger partial charge in [0.15, 0.2) is 17.3 Å². The number of aliphatic hydroxyl groups is 1. The number of esters is 1. The molecular formula is C18H18O7. The molecule has 0 saturated carbocycles. The highest BCUT2D eigenvalue weighted by molar-refractivity contribution is 5.98. The van der Waals surface area contributed by atoms with Gasteiger partial charge in [0.05, 0.1) is 7.11 Å². The molecule has 2 unspecified atom stereocenters. The Morgan fingerprint density at radius 2 is 2.08 bits per heavy atom. The number of Topliss-reactive ketones (excluding diaryl/α,β-unsaturated/α-hetero) is 1. The molecule has 0 spiro atoms. The first kappa shape index (κ1) is 16.0. The van der Waals surface area contributed by atoms with E-state index in [-0.39, 0.29) is 19.0 Å². The van der Waals surface area contributed by atoms with Gasteiger partial charge in [-0.1, -0.05) is 6.07 Å². The standard InChI is InChI=1S/C18H18O7/c1-22-17(20)18(21)8-11(16-12(19)3-2-4-14(16)25-18)10-5-6-13-15(7-10)24-9-23-13/h5-7,11,21H,2-4,8-9H2,1H3. The number of rotatable bonds is 2. The molecule has 2 heterocycles. The Bertz CT molecular complexity index is 782. The topological polar surface area (TPSA) is 91.3 Å². The van der Waals surface area contributed by atoms with Gasteiger partial charge in [0.25, 0.3) is 0 Å². The average Bonchev–Trinajstić information content (AvgIpc) is 3.08. The molecule has 0 amide bonds. The number of ether oxygens (including phenoxy) is 4. The van der Waals surface area contributed by atoms with E-state index >= 15 is 0 Å². The maximum Gasteiger partial charge on any atom is 0.379 e. The number of hydrogen-bond donors (Lipinski definition) is 1. The Hall–Kier alpha value is -2.54. The van der Waals surface area contributed by atoms with Crippen molar-refractivity contribution < 1.29 is 33.6 Å². The molecule has 1 N–H and O–H groups in total. The van der Waals surface area contributed by atoms with E-state index in [4.69, 9.17) is 18.9 Å². The van der Waals surface area contributed by atoms with Gasteiger partial charge in [0.1, 0.15) is 5.76 Å². The monoisotopic (exact) mass is 346 g/mol. The quantitative estimate of drug-likeness (QED) is 0.816. The zero-order valence-electron chi connectivity index (χ0n) is 13.7. The van der Waals surface area contributed by atoms with Gasteiger partial charge in [-0.3, -0.25) is 4.79 Å². The fourth-order valence-electron chi connectivity index (χ4n) is 3.65. The number of carbonyl (C=O) groups excluding carboxylic acids is 2. The summed E-state index contributed by atoms with van der Waals surface area (Å²) in [5, 5.41) is 10.7. The van der Waals surface area contributed by atoms with E-state index in [0.717, 1.165) is 5.56 Å². The van der Waals surface area contributed by atoms with Gasteiger partial charge in [0.2, 0.25) is 6.79 Å². The molecule has 0 aromatic heterocycles. The molecule has 132 valence electrons. The van der Waals surface area contributed by atoms with Crippen LogP contribution in [0, 0.1) is 0 Å². The van der Waals surface area contributed by atoms with Crippen LogP contribution in [0.15, 0.2) is 29.5 Å². The van der Waals surface area contributed by atoms with E-state index in [2.05, 4.69) is 0 Å². The molecule has 2 atom stereocenters. The summed E-state index contributed by atoms with van der Waals surface area (Å²) < 4.78 is 20.9. The Labute approximate surface area is 144 Å². The van der Waals surface area contributed by atoms with Gasteiger partial charge in [-0.15, -0.1) is 0 Å². The molecule has 0 radical (unpaired) electrons. The lowest BCUT2D eigenvalue weighted by Gasteiger charge is -2.39. The average molecular weight is 346 g/mol. The Morgan fingerprint density at radius 3 is 2.88 bits per heavy atom. The Morgan fingerprint density at radius 1 is 1.28 bits per heavy atom. The summed E-state index contributed by atoms with van der Waals surface area (Å²) in [4.78, 5) is 24.6. The van der Waals surface area contributed by atoms with Gasteiger partial charge in [-0.05, 0) is 24.1 Å². The number of carbonyl (C=O) groups is 2. The molecule has 4 rings (SSSR count). The van der Waals surface area contributed by atoms with Crippen LogP contribution in [0.25, 0.3) is 0 Å². The van der Waals surface area contributed by atoms with Crippen molar-refractivity contribution in [3.63, 3.8) is 0 Å². The zero-order chi connectivity index (χ0) is 17.6. The SMILES string of the molecule is COC(=O)C1(O)CC(c2ccc3c(c2)OCO3)C2=C(CCCC2=O)O1. The second-order valence-corrected chi connectivity index (χ2v) is 6.36. The molecule has 1 aliphatic carbocycles. The predicted octanol–water partition coefficient (Wildman–Crippen LogP) is 1.79. The van der Waals surface area contributed by atoms with Crippen LogP contribution in [-0.2, 0) is 19.1 Å². The van der Waals surface area contributed by atoms with Crippen molar-refractivity contribution in [3.8, 4) is 11.5 Å². The minimum Gasteiger partial charge on any atom is -0.464 e. The van der Waals surface area contributed by atoms with Crippen molar-refractivity contribution in [2.24, 2.45) is 0 Å². The molecule has 0 bridgehead atoms. The van der Waals surface area contributed by atoms with E-state index in [1.165, 1.54) is 7.11 Å². The lowest BCUT2D eigenvalue weighted by molar-refractivity contribution is -0.222. The van der Waals surface area contributed by atoms with Crippen molar-refractivity contribution in [1.82, 2.24) is 0 Å². The molecule has 1 aromatic carbocycles. The minimum absolute atomic E-state index is 0.0177. The number of hydrogen-bond acceptors (Lipinski definition) is 7. The fourth-order valence-corrected chi connectivity index (χ4v) is 3.65. The summed E-state index contributed by atoms with van der Waals surface area (Å²) in [6, 6.07) is 5.36. The Kier molecular flexibility index (Phi) is 3.68. The van der Waals surface area contributed by atoms with E-state index in [9.17, 15) is 14.7 Å². The number of benzene rings is 1. The molecule has 2 aliphatic heterocycles. The molecule has 25 heavy (non-hydrogen) atoms. The van der Waals surface area contributed by atoms with Crippen LogP contribution >= 0.6 is 0 Å². The smallest absolute Gasteiger partial charge is 0.379 e. The molecule has 0 fully saturated rings. The lowest BCUT2D eigenvalue weighted by atomic mass is 9.77.